The lowest BCUT2D eigenvalue weighted by molar-refractivity contribution is 0.0873. The first-order valence-electron chi connectivity index (χ1n) is 9.29. The molecule has 0 bridgehead atoms. The van der Waals surface area contributed by atoms with Crippen LogP contribution in [0.2, 0.25) is 0 Å². The van der Waals surface area contributed by atoms with Crippen molar-refractivity contribution in [2.75, 3.05) is 25.5 Å². The minimum Gasteiger partial charge on any atom is -0.497 e. The summed E-state index contributed by atoms with van der Waals surface area (Å²) in [4.78, 5) is 14.9. The molecular formula is C22H26N2O2S. The summed E-state index contributed by atoms with van der Waals surface area (Å²) in [5.74, 6) is 1.04. The molecule has 27 heavy (non-hydrogen) atoms. The lowest BCUT2D eigenvalue weighted by Gasteiger charge is -2.33. The molecule has 1 fully saturated rings. The Bertz CT molecular complexity index is 825. The molecule has 2 aromatic rings. The highest BCUT2D eigenvalue weighted by Crippen LogP contribution is 2.24. The minimum absolute atomic E-state index is 0.0538. The van der Waals surface area contributed by atoms with Crippen molar-refractivity contribution < 1.29 is 9.53 Å². The molecule has 1 N–H and O–H groups in total. The average Bonchev–Trinajstić information content (AvgIpc) is 2.70. The predicted octanol–water partition coefficient (Wildman–Crippen LogP) is 4.60. The van der Waals surface area contributed by atoms with Gasteiger partial charge < -0.3 is 15.0 Å². The number of anilines is 1. The molecule has 1 aliphatic rings. The number of piperidine rings is 1. The van der Waals surface area contributed by atoms with Gasteiger partial charge in [-0.1, -0.05) is 12.1 Å². The largest absolute Gasteiger partial charge is 0.497 e. The Morgan fingerprint density at radius 1 is 1.11 bits per heavy atom. The minimum atomic E-state index is 0.0538. The second-order valence-corrected chi connectivity index (χ2v) is 7.49. The topological polar surface area (TPSA) is 41.6 Å². The van der Waals surface area contributed by atoms with Crippen LogP contribution in [0.25, 0.3) is 0 Å². The fourth-order valence-electron chi connectivity index (χ4n) is 3.40. The van der Waals surface area contributed by atoms with E-state index >= 15 is 0 Å². The van der Waals surface area contributed by atoms with Crippen LogP contribution in [0.5, 0.6) is 5.75 Å². The SMILES string of the molecule is COc1ccc(C(=O)C2CCN(C(=S)Nc3cc(C)ccc3C)CC2)cc1. The molecule has 0 radical (unpaired) electrons. The summed E-state index contributed by atoms with van der Waals surface area (Å²) in [7, 11) is 1.63. The van der Waals surface area contributed by atoms with Crippen LogP contribution < -0.4 is 10.1 Å². The standard InChI is InChI=1S/C22H26N2O2S/c1-15-4-5-16(2)20(14-15)23-22(27)24-12-10-18(11-13-24)21(25)17-6-8-19(26-3)9-7-17/h4-9,14,18H,10-13H2,1-3H3,(H,23,27). The predicted molar refractivity (Wildman–Crippen MR) is 114 cm³/mol. The number of carbonyl (C=O) groups is 1. The van der Waals surface area contributed by atoms with E-state index in [4.69, 9.17) is 17.0 Å². The van der Waals surface area contributed by atoms with Crippen molar-refractivity contribution in [1.29, 1.82) is 0 Å². The Labute approximate surface area is 166 Å². The zero-order valence-corrected chi connectivity index (χ0v) is 16.9. The summed E-state index contributed by atoms with van der Waals surface area (Å²) < 4.78 is 5.16. The van der Waals surface area contributed by atoms with Gasteiger partial charge in [-0.3, -0.25) is 4.79 Å². The zero-order chi connectivity index (χ0) is 19.4. The summed E-state index contributed by atoms with van der Waals surface area (Å²) in [5, 5.41) is 4.10. The van der Waals surface area contributed by atoms with Crippen molar-refractivity contribution in [3.63, 3.8) is 0 Å². The molecule has 0 atom stereocenters. The van der Waals surface area contributed by atoms with Crippen LogP contribution in [0.3, 0.4) is 0 Å². The number of ether oxygens (including phenoxy) is 1. The number of aryl methyl sites for hydroxylation is 2. The van der Waals surface area contributed by atoms with Crippen LogP contribution in [0.15, 0.2) is 42.5 Å². The maximum atomic E-state index is 12.7. The third-order valence-electron chi connectivity index (χ3n) is 5.16. The van der Waals surface area contributed by atoms with Crippen LogP contribution in [0.4, 0.5) is 5.69 Å². The van der Waals surface area contributed by atoms with Gasteiger partial charge in [0.05, 0.1) is 7.11 Å². The number of thiocarbonyl (C=S) groups is 1. The summed E-state index contributed by atoms with van der Waals surface area (Å²) in [5.41, 5.74) is 4.18. The second-order valence-electron chi connectivity index (χ2n) is 7.10. The molecule has 0 amide bonds. The van der Waals surface area contributed by atoms with Gasteiger partial charge in [-0.05, 0) is 80.4 Å². The normalized spacial score (nSPS) is 14.7. The van der Waals surface area contributed by atoms with E-state index in [-0.39, 0.29) is 11.7 Å². The van der Waals surface area contributed by atoms with Gasteiger partial charge in [0.25, 0.3) is 0 Å². The van der Waals surface area contributed by atoms with Gasteiger partial charge in [-0.25, -0.2) is 0 Å². The first-order valence-corrected chi connectivity index (χ1v) is 9.70. The Hall–Kier alpha value is -2.40. The van der Waals surface area contributed by atoms with Crippen molar-refractivity contribution in [2.24, 2.45) is 5.92 Å². The molecule has 1 aliphatic heterocycles. The van der Waals surface area contributed by atoms with Gasteiger partial charge in [0.15, 0.2) is 10.9 Å². The van der Waals surface area contributed by atoms with E-state index in [2.05, 4.69) is 42.3 Å². The van der Waals surface area contributed by atoms with Gasteiger partial charge in [0, 0.05) is 30.3 Å². The van der Waals surface area contributed by atoms with Crippen LogP contribution in [0, 0.1) is 19.8 Å². The van der Waals surface area contributed by atoms with Crippen molar-refractivity contribution in [3.05, 3.63) is 59.2 Å². The first kappa shape index (κ1) is 19.4. The molecule has 1 saturated heterocycles. The Kier molecular flexibility index (Phi) is 6.11. The monoisotopic (exact) mass is 382 g/mol. The number of ketones is 1. The molecule has 0 aromatic heterocycles. The smallest absolute Gasteiger partial charge is 0.173 e. The molecule has 0 aliphatic carbocycles. The highest BCUT2D eigenvalue weighted by molar-refractivity contribution is 7.80. The number of hydrogen-bond acceptors (Lipinski definition) is 3. The van der Waals surface area contributed by atoms with Gasteiger partial charge in [0.1, 0.15) is 5.75 Å². The Morgan fingerprint density at radius 2 is 1.78 bits per heavy atom. The first-order chi connectivity index (χ1) is 13.0. The molecule has 142 valence electrons. The molecule has 1 heterocycles. The summed E-state index contributed by atoms with van der Waals surface area (Å²) in [6.07, 6.45) is 1.64. The van der Waals surface area contributed by atoms with Crippen LogP contribution in [-0.2, 0) is 0 Å². The number of rotatable bonds is 4. The van der Waals surface area contributed by atoms with E-state index in [1.165, 1.54) is 11.1 Å². The van der Waals surface area contributed by atoms with Crippen LogP contribution in [0.1, 0.15) is 34.3 Å². The average molecular weight is 383 g/mol. The van der Waals surface area contributed by atoms with E-state index < -0.39 is 0 Å². The number of carbonyl (C=O) groups excluding carboxylic acids is 1. The van der Waals surface area contributed by atoms with Crippen molar-refractivity contribution in [3.8, 4) is 5.75 Å². The zero-order valence-electron chi connectivity index (χ0n) is 16.1. The fourth-order valence-corrected chi connectivity index (χ4v) is 3.69. The Balaban J connectivity index is 1.56. The number of Topliss-reactive ketones (excluding diaryl/α,β-unsaturated/α-hetero) is 1. The molecule has 0 unspecified atom stereocenters. The fraction of sp³-hybridized carbons (Fsp3) is 0.364. The quantitative estimate of drug-likeness (QED) is 0.618. The summed E-state index contributed by atoms with van der Waals surface area (Å²) in [6, 6.07) is 13.7. The highest BCUT2D eigenvalue weighted by atomic mass is 32.1. The van der Waals surface area contributed by atoms with Crippen LogP contribution in [-0.4, -0.2) is 36.0 Å². The number of methoxy groups -OCH3 is 1. The molecule has 4 nitrogen and oxygen atoms in total. The van der Waals surface area contributed by atoms with Gasteiger partial charge in [0.2, 0.25) is 0 Å². The Morgan fingerprint density at radius 3 is 2.41 bits per heavy atom. The van der Waals surface area contributed by atoms with E-state index in [9.17, 15) is 4.79 Å². The molecule has 3 rings (SSSR count). The second kappa shape index (κ2) is 8.53. The number of likely N-dealkylation sites (tertiary alicyclic amines) is 1. The van der Waals surface area contributed by atoms with Gasteiger partial charge >= 0.3 is 0 Å². The number of nitrogens with zero attached hydrogens (tertiary/aromatic N) is 1. The molecule has 0 saturated carbocycles. The van der Waals surface area contributed by atoms with E-state index in [1.54, 1.807) is 7.11 Å². The molecule has 2 aromatic carbocycles. The lowest BCUT2D eigenvalue weighted by atomic mass is 9.89. The number of hydrogen-bond donors (Lipinski definition) is 1. The number of benzene rings is 2. The number of nitrogens with one attached hydrogen (secondary N) is 1. The van der Waals surface area contributed by atoms with Gasteiger partial charge in [-0.2, -0.15) is 0 Å². The maximum absolute atomic E-state index is 12.7. The van der Waals surface area contributed by atoms with E-state index in [1.807, 2.05) is 24.3 Å². The third-order valence-corrected chi connectivity index (χ3v) is 5.52. The molecule has 0 spiro atoms. The molecular weight excluding hydrogens is 356 g/mol. The summed E-state index contributed by atoms with van der Waals surface area (Å²) in [6.45, 7) is 5.74. The highest BCUT2D eigenvalue weighted by Gasteiger charge is 2.27. The lowest BCUT2D eigenvalue weighted by Crippen LogP contribution is -2.42. The molecule has 5 heteroatoms. The summed E-state index contributed by atoms with van der Waals surface area (Å²) >= 11 is 5.60. The van der Waals surface area contributed by atoms with E-state index in [0.717, 1.165) is 48.0 Å². The van der Waals surface area contributed by atoms with Gasteiger partial charge in [-0.15, -0.1) is 0 Å². The van der Waals surface area contributed by atoms with Crippen molar-refractivity contribution in [1.82, 2.24) is 4.90 Å². The van der Waals surface area contributed by atoms with E-state index in [0.29, 0.717) is 0 Å². The van der Waals surface area contributed by atoms with Crippen LogP contribution >= 0.6 is 12.2 Å². The van der Waals surface area contributed by atoms with Crippen molar-refractivity contribution >= 4 is 28.8 Å². The van der Waals surface area contributed by atoms with Crippen molar-refractivity contribution in [2.45, 2.75) is 26.7 Å². The maximum Gasteiger partial charge on any atom is 0.173 e. The third kappa shape index (κ3) is 4.66.